The minimum atomic E-state index is -3.25. The monoisotopic (exact) mass is 253 g/mol. The van der Waals surface area contributed by atoms with Crippen molar-refractivity contribution in [3.05, 3.63) is 24.0 Å². The van der Waals surface area contributed by atoms with Gasteiger partial charge in [0.05, 0.1) is 10.4 Å². The number of hydrogen-bond donors (Lipinski definition) is 1. The number of sulfone groups is 1. The van der Waals surface area contributed by atoms with E-state index in [0.717, 1.165) is 11.3 Å². The van der Waals surface area contributed by atoms with Crippen molar-refractivity contribution in [3.8, 4) is 0 Å². The van der Waals surface area contributed by atoms with Gasteiger partial charge in [-0.3, -0.25) is 0 Å². The molecule has 0 bridgehead atoms. The van der Waals surface area contributed by atoms with Crippen LogP contribution in [0.3, 0.4) is 0 Å². The molecule has 0 aliphatic carbocycles. The number of para-hydroxylation sites is 1. The summed E-state index contributed by atoms with van der Waals surface area (Å²) in [6, 6.07) is 5.17. The predicted molar refractivity (Wildman–Crippen MR) is 66.6 cm³/mol. The lowest BCUT2D eigenvalue weighted by Crippen LogP contribution is -2.07. The highest BCUT2D eigenvalue weighted by Gasteiger charge is 2.16. The van der Waals surface area contributed by atoms with E-state index in [1.807, 2.05) is 17.7 Å². The zero-order chi connectivity index (χ0) is 12.6. The molecule has 0 fully saturated rings. The third-order valence-corrected chi connectivity index (χ3v) is 3.86. The van der Waals surface area contributed by atoms with E-state index in [-0.39, 0.29) is 4.90 Å². The minimum absolute atomic E-state index is 0.272. The summed E-state index contributed by atoms with van der Waals surface area (Å²) in [4.78, 5) is 4.64. The Morgan fingerprint density at radius 1 is 1.41 bits per heavy atom. The summed E-state index contributed by atoms with van der Waals surface area (Å²) >= 11 is 0. The molecular weight excluding hydrogens is 238 g/mol. The zero-order valence-corrected chi connectivity index (χ0v) is 10.7. The first kappa shape index (κ1) is 12.1. The van der Waals surface area contributed by atoms with Gasteiger partial charge < -0.3 is 10.3 Å². The van der Waals surface area contributed by atoms with Gasteiger partial charge in [0.25, 0.3) is 0 Å². The Kier molecular flexibility index (Phi) is 2.92. The van der Waals surface area contributed by atoms with Crippen molar-refractivity contribution >= 4 is 20.9 Å². The van der Waals surface area contributed by atoms with Crippen molar-refractivity contribution in [2.45, 2.75) is 11.3 Å². The molecule has 5 nitrogen and oxygen atoms in total. The van der Waals surface area contributed by atoms with Crippen LogP contribution in [0, 0.1) is 0 Å². The predicted octanol–water partition coefficient (Wildman–Crippen LogP) is 0.478. The van der Waals surface area contributed by atoms with Crippen molar-refractivity contribution in [2.24, 2.45) is 12.8 Å². The van der Waals surface area contributed by atoms with E-state index < -0.39 is 9.84 Å². The summed E-state index contributed by atoms with van der Waals surface area (Å²) < 4.78 is 25.2. The Morgan fingerprint density at radius 2 is 2.12 bits per heavy atom. The van der Waals surface area contributed by atoms with Gasteiger partial charge in [-0.05, 0) is 18.7 Å². The first-order valence-electron chi connectivity index (χ1n) is 5.29. The molecule has 1 heterocycles. The molecule has 2 N–H and O–H groups in total. The van der Waals surface area contributed by atoms with Gasteiger partial charge in [-0.15, -0.1) is 0 Å². The van der Waals surface area contributed by atoms with Gasteiger partial charge in [-0.1, -0.05) is 6.07 Å². The largest absolute Gasteiger partial charge is 0.331 e. The van der Waals surface area contributed by atoms with Crippen LogP contribution in [0.1, 0.15) is 5.82 Å². The quantitative estimate of drug-likeness (QED) is 0.863. The average Bonchev–Trinajstić information content (AvgIpc) is 2.55. The highest BCUT2D eigenvalue weighted by molar-refractivity contribution is 7.91. The molecule has 0 aliphatic rings. The van der Waals surface area contributed by atoms with Crippen LogP contribution in [0.15, 0.2) is 23.1 Å². The van der Waals surface area contributed by atoms with Gasteiger partial charge >= 0.3 is 0 Å². The van der Waals surface area contributed by atoms with Crippen molar-refractivity contribution in [3.63, 3.8) is 0 Å². The van der Waals surface area contributed by atoms with Crippen LogP contribution < -0.4 is 5.73 Å². The second-order valence-electron chi connectivity index (χ2n) is 4.02. The molecule has 2 rings (SSSR count). The van der Waals surface area contributed by atoms with Gasteiger partial charge in [0.1, 0.15) is 11.3 Å². The van der Waals surface area contributed by atoms with Gasteiger partial charge in [0.2, 0.25) is 0 Å². The van der Waals surface area contributed by atoms with E-state index in [9.17, 15) is 8.42 Å². The third kappa shape index (κ3) is 2.05. The van der Waals surface area contributed by atoms with Crippen molar-refractivity contribution in [2.75, 3.05) is 12.8 Å². The molecule has 0 atom stereocenters. The zero-order valence-electron chi connectivity index (χ0n) is 9.84. The first-order valence-corrected chi connectivity index (χ1v) is 7.18. The third-order valence-electron chi connectivity index (χ3n) is 2.73. The second-order valence-corrected chi connectivity index (χ2v) is 6.01. The minimum Gasteiger partial charge on any atom is -0.331 e. The van der Waals surface area contributed by atoms with Crippen LogP contribution >= 0.6 is 0 Å². The van der Waals surface area contributed by atoms with Crippen LogP contribution in [0.2, 0.25) is 0 Å². The fraction of sp³-hybridized carbons (Fsp3) is 0.364. The van der Waals surface area contributed by atoms with Crippen LogP contribution in [-0.4, -0.2) is 30.8 Å². The molecule has 0 radical (unpaired) electrons. The molecular formula is C11H15N3O2S. The average molecular weight is 253 g/mol. The van der Waals surface area contributed by atoms with E-state index in [1.54, 1.807) is 12.1 Å². The summed E-state index contributed by atoms with van der Waals surface area (Å²) in [5.74, 6) is 0.804. The number of fused-ring (bicyclic) bond motifs is 1. The van der Waals surface area contributed by atoms with Gasteiger partial charge in [0, 0.05) is 19.7 Å². The highest BCUT2D eigenvalue weighted by Crippen LogP contribution is 2.22. The van der Waals surface area contributed by atoms with Crippen molar-refractivity contribution in [1.29, 1.82) is 0 Å². The highest BCUT2D eigenvalue weighted by atomic mass is 32.2. The van der Waals surface area contributed by atoms with E-state index in [1.165, 1.54) is 6.26 Å². The molecule has 6 heteroatoms. The lowest BCUT2D eigenvalue weighted by molar-refractivity contribution is 0.602. The SMILES string of the molecule is Cn1c(CCN)nc2c(S(C)(=O)=O)cccc21. The molecule has 0 aliphatic heterocycles. The summed E-state index contributed by atoms with van der Waals surface area (Å²) in [7, 11) is -1.39. The van der Waals surface area contributed by atoms with E-state index in [4.69, 9.17) is 5.73 Å². The maximum atomic E-state index is 11.7. The Hall–Kier alpha value is -1.40. The Balaban J connectivity index is 2.78. The van der Waals surface area contributed by atoms with Crippen LogP contribution in [0.5, 0.6) is 0 Å². The van der Waals surface area contributed by atoms with Crippen molar-refractivity contribution < 1.29 is 8.42 Å². The molecule has 0 saturated heterocycles. The number of imidazole rings is 1. The van der Waals surface area contributed by atoms with Gasteiger partial charge in [-0.25, -0.2) is 13.4 Å². The number of rotatable bonds is 3. The van der Waals surface area contributed by atoms with E-state index in [0.29, 0.717) is 18.5 Å². The lowest BCUT2D eigenvalue weighted by Gasteiger charge is -2.00. The smallest absolute Gasteiger partial charge is 0.177 e. The fourth-order valence-electron chi connectivity index (χ4n) is 1.89. The molecule has 0 spiro atoms. The lowest BCUT2D eigenvalue weighted by atomic mass is 10.3. The van der Waals surface area contributed by atoms with Gasteiger partial charge in [0.15, 0.2) is 9.84 Å². The standard InChI is InChI=1S/C11H15N3O2S/c1-14-8-4-3-5-9(17(2,15)16)11(8)13-10(14)6-7-12/h3-5H,6-7,12H2,1-2H3. The normalized spacial score (nSPS) is 12.2. The number of nitrogens with two attached hydrogens (primary N) is 1. The Morgan fingerprint density at radius 3 is 2.71 bits per heavy atom. The maximum Gasteiger partial charge on any atom is 0.177 e. The summed E-state index contributed by atoms with van der Waals surface area (Å²) in [5.41, 5.74) is 6.85. The van der Waals surface area contributed by atoms with Crippen molar-refractivity contribution in [1.82, 2.24) is 9.55 Å². The molecule has 2 aromatic rings. The van der Waals surface area contributed by atoms with E-state index in [2.05, 4.69) is 4.98 Å². The van der Waals surface area contributed by atoms with Crippen LogP contribution in [0.25, 0.3) is 11.0 Å². The second kappa shape index (κ2) is 4.12. The number of aryl methyl sites for hydroxylation is 1. The summed E-state index contributed by atoms with van der Waals surface area (Å²) in [6.07, 6.45) is 1.83. The first-order chi connectivity index (χ1) is 7.95. The number of nitrogens with zero attached hydrogens (tertiary/aromatic N) is 2. The molecule has 0 saturated carbocycles. The number of benzene rings is 1. The number of hydrogen-bond acceptors (Lipinski definition) is 4. The molecule has 1 aromatic carbocycles. The number of aromatic nitrogens is 2. The Labute approximate surface area is 100 Å². The molecule has 17 heavy (non-hydrogen) atoms. The topological polar surface area (TPSA) is 78.0 Å². The fourth-order valence-corrected chi connectivity index (χ4v) is 2.72. The Bertz CT molecular complexity index is 659. The van der Waals surface area contributed by atoms with Crippen LogP contribution in [0.4, 0.5) is 0 Å². The maximum absolute atomic E-state index is 11.7. The molecule has 92 valence electrons. The van der Waals surface area contributed by atoms with E-state index >= 15 is 0 Å². The molecule has 1 aromatic heterocycles. The van der Waals surface area contributed by atoms with Gasteiger partial charge in [-0.2, -0.15) is 0 Å². The summed E-state index contributed by atoms with van der Waals surface area (Å²) in [6.45, 7) is 0.491. The molecule has 0 unspecified atom stereocenters. The van der Waals surface area contributed by atoms with Crippen LogP contribution in [-0.2, 0) is 23.3 Å². The summed E-state index contributed by atoms with van der Waals surface area (Å²) in [5, 5.41) is 0. The molecule has 0 amide bonds.